The Labute approximate surface area is 129 Å². The first-order valence-corrected chi connectivity index (χ1v) is 8.49. The predicted molar refractivity (Wildman–Crippen MR) is 83.8 cm³/mol. The van der Waals surface area contributed by atoms with Crippen molar-refractivity contribution in [1.82, 2.24) is 4.90 Å². The van der Waals surface area contributed by atoms with Gasteiger partial charge in [0.1, 0.15) is 5.25 Å². The van der Waals surface area contributed by atoms with Crippen molar-refractivity contribution in [3.8, 4) is 0 Å². The van der Waals surface area contributed by atoms with Gasteiger partial charge < -0.3 is 10.6 Å². The second kappa shape index (κ2) is 6.10. The first kappa shape index (κ1) is 14.4. The number of nitrogens with two attached hydrogens (primary N) is 1. The van der Waals surface area contributed by atoms with E-state index in [0.717, 1.165) is 37.1 Å². The van der Waals surface area contributed by atoms with Crippen molar-refractivity contribution in [3.05, 3.63) is 35.4 Å². The third-order valence-corrected chi connectivity index (χ3v) is 5.58. The number of amides is 2. The predicted octanol–water partition coefficient (Wildman–Crippen LogP) is 1.74. The maximum Gasteiger partial charge on any atom is 0.240 e. The smallest absolute Gasteiger partial charge is 0.240 e. The minimum atomic E-state index is -0.288. The molecule has 0 aromatic heterocycles. The van der Waals surface area contributed by atoms with Gasteiger partial charge >= 0.3 is 0 Å². The van der Waals surface area contributed by atoms with Gasteiger partial charge in [-0.15, -0.1) is 11.8 Å². The average molecular weight is 304 g/mol. The normalized spacial score (nSPS) is 25.2. The molecule has 2 amide bonds. The third kappa shape index (κ3) is 2.93. The first-order valence-electron chi connectivity index (χ1n) is 7.44. The van der Waals surface area contributed by atoms with E-state index in [-0.39, 0.29) is 23.0 Å². The van der Waals surface area contributed by atoms with Gasteiger partial charge in [0.2, 0.25) is 11.8 Å². The highest BCUT2D eigenvalue weighted by molar-refractivity contribution is 8.00. The van der Waals surface area contributed by atoms with Crippen molar-refractivity contribution >= 4 is 23.6 Å². The molecule has 2 heterocycles. The Bertz CT molecular complexity index is 561. The molecule has 0 aliphatic carbocycles. The van der Waals surface area contributed by atoms with Crippen molar-refractivity contribution in [3.63, 3.8) is 0 Å². The Morgan fingerprint density at radius 1 is 1.29 bits per heavy atom. The van der Waals surface area contributed by atoms with Gasteiger partial charge in [-0.3, -0.25) is 9.59 Å². The van der Waals surface area contributed by atoms with Crippen LogP contribution in [-0.2, 0) is 16.0 Å². The van der Waals surface area contributed by atoms with Crippen LogP contribution in [0.25, 0.3) is 0 Å². The number of fused-ring (bicyclic) bond motifs is 1. The molecule has 0 bridgehead atoms. The molecule has 0 radical (unpaired) electrons. The molecule has 112 valence electrons. The SMILES string of the molecule is NC(=O)[C@@H]1CCCN(C(=O)[C@H]2SCCc3ccccc32)C1. The molecule has 3 rings (SSSR count). The number of likely N-dealkylation sites (tertiary alicyclic amines) is 1. The van der Waals surface area contributed by atoms with E-state index in [9.17, 15) is 9.59 Å². The number of aryl methyl sites for hydroxylation is 1. The van der Waals surface area contributed by atoms with Gasteiger partial charge in [-0.05, 0) is 36.1 Å². The molecule has 1 aromatic rings. The number of primary amides is 1. The topological polar surface area (TPSA) is 63.4 Å². The van der Waals surface area contributed by atoms with Gasteiger partial charge in [0.15, 0.2) is 0 Å². The zero-order valence-corrected chi connectivity index (χ0v) is 12.8. The zero-order valence-electron chi connectivity index (χ0n) is 12.0. The molecular weight excluding hydrogens is 284 g/mol. The van der Waals surface area contributed by atoms with E-state index in [1.807, 2.05) is 17.0 Å². The number of hydrogen-bond donors (Lipinski definition) is 1. The van der Waals surface area contributed by atoms with Crippen LogP contribution in [0.1, 0.15) is 29.2 Å². The van der Waals surface area contributed by atoms with Crippen molar-refractivity contribution in [1.29, 1.82) is 0 Å². The molecule has 1 fully saturated rings. The summed E-state index contributed by atoms with van der Waals surface area (Å²) in [7, 11) is 0. The summed E-state index contributed by atoms with van der Waals surface area (Å²) in [6.45, 7) is 1.22. The third-order valence-electron chi connectivity index (χ3n) is 4.35. The Kier molecular flexibility index (Phi) is 4.19. The van der Waals surface area contributed by atoms with E-state index >= 15 is 0 Å². The van der Waals surface area contributed by atoms with Crippen LogP contribution < -0.4 is 5.73 Å². The van der Waals surface area contributed by atoms with Crippen molar-refractivity contribution < 1.29 is 9.59 Å². The Hall–Kier alpha value is -1.49. The van der Waals surface area contributed by atoms with Gasteiger partial charge in [0, 0.05) is 13.1 Å². The summed E-state index contributed by atoms with van der Waals surface area (Å²) < 4.78 is 0. The fourth-order valence-corrected chi connectivity index (χ4v) is 4.45. The Morgan fingerprint density at radius 2 is 2.10 bits per heavy atom. The quantitative estimate of drug-likeness (QED) is 0.905. The molecule has 4 nitrogen and oxygen atoms in total. The van der Waals surface area contributed by atoms with Gasteiger partial charge in [-0.1, -0.05) is 24.3 Å². The highest BCUT2D eigenvalue weighted by Gasteiger charge is 2.34. The number of rotatable bonds is 2. The molecule has 2 aliphatic rings. The molecule has 5 heteroatoms. The maximum atomic E-state index is 12.8. The lowest BCUT2D eigenvalue weighted by atomic mass is 9.96. The summed E-state index contributed by atoms with van der Waals surface area (Å²) in [4.78, 5) is 26.0. The fraction of sp³-hybridized carbons (Fsp3) is 0.500. The van der Waals surface area contributed by atoms with E-state index in [4.69, 9.17) is 5.73 Å². The van der Waals surface area contributed by atoms with Crippen LogP contribution in [0.3, 0.4) is 0 Å². The van der Waals surface area contributed by atoms with Crippen LogP contribution in [0.4, 0.5) is 0 Å². The van der Waals surface area contributed by atoms with Crippen LogP contribution in [0.5, 0.6) is 0 Å². The number of carbonyl (C=O) groups excluding carboxylic acids is 2. The second-order valence-corrected chi connectivity index (χ2v) is 6.94. The van der Waals surface area contributed by atoms with Crippen molar-refractivity contribution in [2.45, 2.75) is 24.5 Å². The van der Waals surface area contributed by atoms with E-state index in [1.54, 1.807) is 11.8 Å². The van der Waals surface area contributed by atoms with Crippen LogP contribution in [0.15, 0.2) is 24.3 Å². The number of thioether (sulfide) groups is 1. The van der Waals surface area contributed by atoms with Gasteiger partial charge in [-0.2, -0.15) is 0 Å². The lowest BCUT2D eigenvalue weighted by Crippen LogP contribution is -2.45. The standard InChI is InChI=1S/C16H20N2O2S/c17-15(19)12-5-3-8-18(10-12)16(20)14-13-6-2-1-4-11(13)7-9-21-14/h1-2,4,6,12,14H,3,5,7-10H2,(H2,17,19)/t12-,14+/m1/s1. The van der Waals surface area contributed by atoms with E-state index in [2.05, 4.69) is 12.1 Å². The van der Waals surface area contributed by atoms with Crippen molar-refractivity contribution in [2.24, 2.45) is 11.7 Å². The maximum absolute atomic E-state index is 12.8. The molecule has 2 aliphatic heterocycles. The first-order chi connectivity index (χ1) is 10.2. The highest BCUT2D eigenvalue weighted by atomic mass is 32.2. The molecule has 1 aromatic carbocycles. The average Bonchev–Trinajstić information content (AvgIpc) is 2.53. The molecule has 1 saturated heterocycles. The second-order valence-electron chi connectivity index (χ2n) is 5.73. The molecule has 2 N–H and O–H groups in total. The lowest BCUT2D eigenvalue weighted by molar-refractivity contribution is -0.134. The van der Waals surface area contributed by atoms with Gasteiger partial charge in [0.25, 0.3) is 0 Å². The monoisotopic (exact) mass is 304 g/mol. The fourth-order valence-electron chi connectivity index (χ4n) is 3.17. The van der Waals surface area contributed by atoms with Crippen LogP contribution in [0.2, 0.25) is 0 Å². The molecule has 2 atom stereocenters. The summed E-state index contributed by atoms with van der Waals surface area (Å²) in [5, 5.41) is -0.124. The Balaban J connectivity index is 1.78. The highest BCUT2D eigenvalue weighted by Crippen LogP contribution is 2.38. The van der Waals surface area contributed by atoms with Crippen LogP contribution >= 0.6 is 11.8 Å². The largest absolute Gasteiger partial charge is 0.369 e. The molecule has 0 unspecified atom stereocenters. The summed E-state index contributed by atoms with van der Waals surface area (Å²) in [5.41, 5.74) is 7.82. The zero-order chi connectivity index (χ0) is 14.8. The summed E-state index contributed by atoms with van der Waals surface area (Å²) in [6, 6.07) is 8.19. The van der Waals surface area contributed by atoms with Crippen LogP contribution in [0, 0.1) is 5.92 Å². The van der Waals surface area contributed by atoms with E-state index < -0.39 is 0 Å². The number of hydrogen-bond acceptors (Lipinski definition) is 3. The molecular formula is C16H20N2O2S. The molecule has 0 saturated carbocycles. The van der Waals surface area contributed by atoms with Crippen LogP contribution in [-0.4, -0.2) is 35.6 Å². The summed E-state index contributed by atoms with van der Waals surface area (Å²) >= 11 is 1.71. The van der Waals surface area contributed by atoms with Crippen molar-refractivity contribution in [2.75, 3.05) is 18.8 Å². The summed E-state index contributed by atoms with van der Waals surface area (Å²) in [6.07, 6.45) is 2.68. The molecule has 0 spiro atoms. The number of nitrogens with zero attached hydrogens (tertiary/aromatic N) is 1. The summed E-state index contributed by atoms with van der Waals surface area (Å²) in [5.74, 6) is 0.634. The number of piperidine rings is 1. The number of carbonyl (C=O) groups is 2. The Morgan fingerprint density at radius 3 is 2.90 bits per heavy atom. The van der Waals surface area contributed by atoms with Gasteiger partial charge in [0.05, 0.1) is 5.92 Å². The molecule has 21 heavy (non-hydrogen) atoms. The van der Waals surface area contributed by atoms with E-state index in [0.29, 0.717) is 6.54 Å². The number of benzene rings is 1. The minimum absolute atomic E-state index is 0.124. The minimum Gasteiger partial charge on any atom is -0.369 e. The van der Waals surface area contributed by atoms with Gasteiger partial charge in [-0.25, -0.2) is 0 Å². The van der Waals surface area contributed by atoms with E-state index in [1.165, 1.54) is 5.56 Å². The lowest BCUT2D eigenvalue weighted by Gasteiger charge is -2.35.